The van der Waals surface area contributed by atoms with Crippen LogP contribution in [0.3, 0.4) is 0 Å². The average molecular weight is 222 g/mol. The lowest BCUT2D eigenvalue weighted by molar-refractivity contribution is 0.101. The molecule has 1 aromatic heterocycles. The number of rotatable bonds is 1. The van der Waals surface area contributed by atoms with E-state index in [-0.39, 0.29) is 17.1 Å². The van der Waals surface area contributed by atoms with E-state index >= 15 is 0 Å². The molecule has 3 nitrogen and oxygen atoms in total. The van der Waals surface area contributed by atoms with Gasteiger partial charge in [-0.25, -0.2) is 0 Å². The molecule has 76 valence electrons. The van der Waals surface area contributed by atoms with Crippen LogP contribution in [0.4, 0.5) is 0 Å². The molecule has 0 amide bonds. The summed E-state index contributed by atoms with van der Waals surface area (Å²) in [5, 5.41) is 10.9. The molecule has 0 aliphatic carbocycles. The van der Waals surface area contributed by atoms with Crippen molar-refractivity contribution in [1.82, 2.24) is 4.98 Å². The largest absolute Gasteiger partial charge is 0.505 e. The van der Waals surface area contributed by atoms with Gasteiger partial charge in [-0.1, -0.05) is 11.6 Å². The molecule has 1 N–H and O–H groups in total. The van der Waals surface area contributed by atoms with E-state index in [9.17, 15) is 9.90 Å². The van der Waals surface area contributed by atoms with E-state index in [1.54, 1.807) is 18.3 Å². The van der Waals surface area contributed by atoms with Gasteiger partial charge in [0, 0.05) is 11.6 Å². The lowest BCUT2D eigenvalue weighted by Crippen LogP contribution is -1.94. The molecule has 0 saturated heterocycles. The molecular weight excluding hydrogens is 214 g/mol. The summed E-state index contributed by atoms with van der Waals surface area (Å²) in [7, 11) is 0. The van der Waals surface area contributed by atoms with Crippen LogP contribution in [0, 0.1) is 0 Å². The van der Waals surface area contributed by atoms with Crippen molar-refractivity contribution in [2.24, 2.45) is 0 Å². The summed E-state index contributed by atoms with van der Waals surface area (Å²) in [6, 6.07) is 4.93. The van der Waals surface area contributed by atoms with E-state index in [4.69, 9.17) is 11.6 Å². The Morgan fingerprint density at radius 3 is 2.93 bits per heavy atom. The molecule has 0 spiro atoms. The Bertz CT molecular complexity index is 552. The number of phenolic OH excluding ortho intramolecular Hbond substituents is 1. The van der Waals surface area contributed by atoms with Gasteiger partial charge in [0.25, 0.3) is 0 Å². The highest BCUT2D eigenvalue weighted by molar-refractivity contribution is 6.36. The van der Waals surface area contributed by atoms with E-state index in [0.717, 1.165) is 0 Å². The number of aromatic nitrogens is 1. The van der Waals surface area contributed by atoms with Gasteiger partial charge in [0.1, 0.15) is 5.52 Å². The molecule has 0 unspecified atom stereocenters. The van der Waals surface area contributed by atoms with Crippen LogP contribution >= 0.6 is 11.6 Å². The minimum atomic E-state index is -0.234. The maximum absolute atomic E-state index is 11.2. The minimum absolute atomic E-state index is 0.109. The van der Waals surface area contributed by atoms with Crippen LogP contribution in [0.1, 0.15) is 17.3 Å². The molecule has 0 saturated carbocycles. The van der Waals surface area contributed by atoms with Crippen LogP contribution in [0.25, 0.3) is 10.9 Å². The van der Waals surface area contributed by atoms with Crippen molar-refractivity contribution >= 4 is 28.3 Å². The fourth-order valence-corrected chi connectivity index (χ4v) is 1.72. The minimum Gasteiger partial charge on any atom is -0.505 e. The standard InChI is InChI=1S/C11H8ClNO2/c1-6(14)8-5-9(12)7-3-2-4-13-10(7)11(8)15/h2-5,15H,1H3. The second-order valence-electron chi connectivity index (χ2n) is 3.21. The third-order valence-corrected chi connectivity index (χ3v) is 2.51. The normalized spacial score (nSPS) is 10.5. The molecule has 1 aromatic carbocycles. The molecule has 1 heterocycles. The highest BCUT2D eigenvalue weighted by Crippen LogP contribution is 2.32. The first-order valence-electron chi connectivity index (χ1n) is 4.38. The molecule has 2 aromatic rings. The van der Waals surface area contributed by atoms with Crippen LogP contribution in [0.5, 0.6) is 5.75 Å². The molecular formula is C11H8ClNO2. The predicted molar refractivity (Wildman–Crippen MR) is 58.4 cm³/mol. The monoisotopic (exact) mass is 221 g/mol. The van der Waals surface area contributed by atoms with Crippen LogP contribution < -0.4 is 0 Å². The van der Waals surface area contributed by atoms with Crippen molar-refractivity contribution < 1.29 is 9.90 Å². The smallest absolute Gasteiger partial charge is 0.163 e. The van der Waals surface area contributed by atoms with Gasteiger partial charge in [0.15, 0.2) is 11.5 Å². The third-order valence-electron chi connectivity index (χ3n) is 2.19. The third kappa shape index (κ3) is 1.55. The van der Waals surface area contributed by atoms with Crippen molar-refractivity contribution in [2.75, 3.05) is 0 Å². The van der Waals surface area contributed by atoms with Gasteiger partial charge in [0.05, 0.1) is 10.6 Å². The number of carbonyl (C=O) groups excluding carboxylic acids is 1. The Hall–Kier alpha value is -1.61. The Morgan fingerprint density at radius 1 is 1.53 bits per heavy atom. The summed E-state index contributed by atoms with van der Waals surface area (Å²) < 4.78 is 0. The van der Waals surface area contributed by atoms with Crippen molar-refractivity contribution in [3.63, 3.8) is 0 Å². The second-order valence-corrected chi connectivity index (χ2v) is 3.62. The Kier molecular flexibility index (Phi) is 2.32. The molecule has 0 radical (unpaired) electrons. The van der Waals surface area contributed by atoms with Crippen molar-refractivity contribution in [2.45, 2.75) is 6.92 Å². The van der Waals surface area contributed by atoms with Gasteiger partial charge >= 0.3 is 0 Å². The molecule has 15 heavy (non-hydrogen) atoms. The van der Waals surface area contributed by atoms with Crippen molar-refractivity contribution in [3.8, 4) is 5.75 Å². The zero-order valence-electron chi connectivity index (χ0n) is 7.99. The summed E-state index contributed by atoms with van der Waals surface area (Å²) in [5.74, 6) is -0.343. The quantitative estimate of drug-likeness (QED) is 0.754. The fraction of sp³-hybridized carbons (Fsp3) is 0.0909. The molecule has 0 aliphatic rings. The molecule has 0 fully saturated rings. The van der Waals surface area contributed by atoms with Crippen molar-refractivity contribution in [1.29, 1.82) is 0 Å². The van der Waals surface area contributed by atoms with Crippen LogP contribution in [0.15, 0.2) is 24.4 Å². The average Bonchev–Trinajstić information content (AvgIpc) is 2.23. The number of halogens is 1. The SMILES string of the molecule is CC(=O)c1cc(Cl)c2cccnc2c1O. The summed E-state index contributed by atoms with van der Waals surface area (Å²) in [5.41, 5.74) is 0.557. The molecule has 0 bridgehead atoms. The lowest BCUT2D eigenvalue weighted by Gasteiger charge is -2.06. The van der Waals surface area contributed by atoms with Gasteiger partial charge in [-0.3, -0.25) is 9.78 Å². The van der Waals surface area contributed by atoms with Gasteiger partial charge in [-0.15, -0.1) is 0 Å². The number of Topliss-reactive ketones (excluding diaryl/α,β-unsaturated/α-hetero) is 1. The number of hydrogen-bond donors (Lipinski definition) is 1. The van der Waals surface area contributed by atoms with Gasteiger partial charge < -0.3 is 5.11 Å². The van der Waals surface area contributed by atoms with Gasteiger partial charge in [-0.05, 0) is 25.1 Å². The Balaban J connectivity index is 2.90. The first-order valence-corrected chi connectivity index (χ1v) is 4.76. The van der Waals surface area contributed by atoms with Gasteiger partial charge in [0.2, 0.25) is 0 Å². The van der Waals surface area contributed by atoms with E-state index in [1.165, 1.54) is 13.0 Å². The first-order chi connectivity index (χ1) is 7.11. The summed E-state index contributed by atoms with van der Waals surface area (Å²) in [6.45, 7) is 1.38. The topological polar surface area (TPSA) is 50.2 Å². The molecule has 0 aliphatic heterocycles. The van der Waals surface area contributed by atoms with E-state index in [1.807, 2.05) is 0 Å². The molecule has 4 heteroatoms. The second kappa shape index (κ2) is 3.51. The maximum Gasteiger partial charge on any atom is 0.163 e. The van der Waals surface area contributed by atoms with Crippen LogP contribution in [-0.4, -0.2) is 15.9 Å². The fourth-order valence-electron chi connectivity index (χ4n) is 1.46. The number of benzene rings is 1. The van der Waals surface area contributed by atoms with Crippen LogP contribution in [0.2, 0.25) is 5.02 Å². The highest BCUT2D eigenvalue weighted by Gasteiger charge is 2.13. The number of pyridine rings is 1. The zero-order valence-corrected chi connectivity index (χ0v) is 8.75. The number of nitrogens with zero attached hydrogens (tertiary/aromatic N) is 1. The summed E-state index contributed by atoms with van der Waals surface area (Å²) in [6.07, 6.45) is 1.54. The summed E-state index contributed by atoms with van der Waals surface area (Å²) >= 11 is 5.97. The number of phenols is 1. The van der Waals surface area contributed by atoms with Crippen molar-refractivity contribution in [3.05, 3.63) is 35.0 Å². The Morgan fingerprint density at radius 2 is 2.27 bits per heavy atom. The Labute approximate surface area is 91.3 Å². The molecule has 2 rings (SSSR count). The maximum atomic E-state index is 11.2. The molecule has 0 atom stereocenters. The van der Waals surface area contributed by atoms with Crippen LogP contribution in [-0.2, 0) is 0 Å². The first kappa shape index (κ1) is 9.93. The number of carbonyl (C=O) groups is 1. The lowest BCUT2D eigenvalue weighted by atomic mass is 10.1. The number of hydrogen-bond acceptors (Lipinski definition) is 3. The predicted octanol–water partition coefficient (Wildman–Crippen LogP) is 2.80. The number of ketones is 1. The number of fused-ring (bicyclic) bond motifs is 1. The van der Waals surface area contributed by atoms with E-state index in [0.29, 0.717) is 15.9 Å². The number of aromatic hydroxyl groups is 1. The van der Waals surface area contributed by atoms with E-state index in [2.05, 4.69) is 4.98 Å². The zero-order chi connectivity index (χ0) is 11.0. The van der Waals surface area contributed by atoms with E-state index < -0.39 is 0 Å². The van der Waals surface area contributed by atoms with Gasteiger partial charge in [-0.2, -0.15) is 0 Å². The highest BCUT2D eigenvalue weighted by atomic mass is 35.5. The summed E-state index contributed by atoms with van der Waals surface area (Å²) in [4.78, 5) is 15.2.